The van der Waals surface area contributed by atoms with Crippen molar-refractivity contribution in [3.63, 3.8) is 0 Å². The van der Waals surface area contributed by atoms with E-state index in [0.29, 0.717) is 22.0 Å². The van der Waals surface area contributed by atoms with Crippen LogP contribution in [0.2, 0.25) is 10.0 Å². The summed E-state index contributed by atoms with van der Waals surface area (Å²) in [5.41, 5.74) is 3.11. The molecule has 0 radical (unpaired) electrons. The molecule has 6 heteroatoms. The summed E-state index contributed by atoms with van der Waals surface area (Å²) in [4.78, 5) is 11.7. The quantitative estimate of drug-likeness (QED) is 0.328. The summed E-state index contributed by atoms with van der Waals surface area (Å²) in [6, 6.07) is 5.04. The van der Waals surface area contributed by atoms with Gasteiger partial charge in [-0.2, -0.15) is 5.10 Å². The summed E-state index contributed by atoms with van der Waals surface area (Å²) in [7, 11) is 0. The standard InChI is InChI=1S/C18H26Cl2N2O2/c1-2-3-4-5-6-7-16(23)10-11-18(24)22-21-13-14-8-9-15(19)12-17(14)20/h8-9,12-13,16,23H,2-7,10-11H2,1H3,(H,22,24)/b21-13-/t16-/m1/s1. The number of nitrogens with one attached hydrogen (secondary N) is 1. The van der Waals surface area contributed by atoms with Crippen LogP contribution >= 0.6 is 23.2 Å². The smallest absolute Gasteiger partial charge is 0.240 e. The van der Waals surface area contributed by atoms with Crippen LogP contribution in [0.25, 0.3) is 0 Å². The molecule has 0 saturated heterocycles. The van der Waals surface area contributed by atoms with Gasteiger partial charge in [-0.25, -0.2) is 5.43 Å². The second-order valence-corrected chi connectivity index (χ2v) is 6.70. The molecule has 1 amide bonds. The molecule has 24 heavy (non-hydrogen) atoms. The predicted octanol–water partition coefficient (Wildman–Crippen LogP) is 4.95. The van der Waals surface area contributed by atoms with Gasteiger partial charge in [0.15, 0.2) is 0 Å². The zero-order chi connectivity index (χ0) is 17.8. The van der Waals surface area contributed by atoms with Crippen LogP contribution < -0.4 is 5.43 Å². The summed E-state index contributed by atoms with van der Waals surface area (Å²) < 4.78 is 0. The van der Waals surface area contributed by atoms with Gasteiger partial charge >= 0.3 is 0 Å². The minimum Gasteiger partial charge on any atom is -0.393 e. The van der Waals surface area contributed by atoms with Crippen LogP contribution in [-0.4, -0.2) is 23.3 Å². The van der Waals surface area contributed by atoms with Crippen molar-refractivity contribution < 1.29 is 9.90 Å². The highest BCUT2D eigenvalue weighted by molar-refractivity contribution is 6.36. The molecule has 0 fully saturated rings. The maximum Gasteiger partial charge on any atom is 0.240 e. The van der Waals surface area contributed by atoms with Crippen molar-refractivity contribution in [2.24, 2.45) is 5.10 Å². The Morgan fingerprint density at radius 1 is 1.25 bits per heavy atom. The van der Waals surface area contributed by atoms with Gasteiger partial charge in [0.05, 0.1) is 17.3 Å². The number of aliphatic hydroxyl groups excluding tert-OH is 1. The normalized spacial score (nSPS) is 12.5. The van der Waals surface area contributed by atoms with Crippen molar-refractivity contribution in [1.82, 2.24) is 5.43 Å². The molecular weight excluding hydrogens is 347 g/mol. The topological polar surface area (TPSA) is 61.7 Å². The number of rotatable bonds is 11. The molecule has 0 aromatic heterocycles. The highest BCUT2D eigenvalue weighted by Gasteiger charge is 2.07. The highest BCUT2D eigenvalue weighted by atomic mass is 35.5. The van der Waals surface area contributed by atoms with Crippen molar-refractivity contribution >= 4 is 35.3 Å². The van der Waals surface area contributed by atoms with E-state index in [-0.39, 0.29) is 12.3 Å². The zero-order valence-corrected chi connectivity index (χ0v) is 15.6. The third-order valence-corrected chi connectivity index (χ3v) is 4.26. The fourth-order valence-electron chi connectivity index (χ4n) is 2.26. The first-order valence-corrected chi connectivity index (χ1v) is 9.23. The van der Waals surface area contributed by atoms with E-state index in [1.54, 1.807) is 18.2 Å². The number of hydrogen-bond donors (Lipinski definition) is 2. The van der Waals surface area contributed by atoms with Gasteiger partial charge in [0.1, 0.15) is 0 Å². The first-order valence-electron chi connectivity index (χ1n) is 8.48. The van der Waals surface area contributed by atoms with Gasteiger partial charge < -0.3 is 5.11 Å². The van der Waals surface area contributed by atoms with E-state index in [1.807, 2.05) is 0 Å². The van der Waals surface area contributed by atoms with Crippen LogP contribution in [-0.2, 0) is 4.79 Å². The van der Waals surface area contributed by atoms with Crippen molar-refractivity contribution in [3.05, 3.63) is 33.8 Å². The number of benzene rings is 1. The first kappa shape index (κ1) is 20.9. The molecule has 0 aliphatic heterocycles. The average Bonchev–Trinajstić information content (AvgIpc) is 2.55. The average molecular weight is 373 g/mol. The Bertz CT molecular complexity index is 536. The number of halogens is 2. The Hall–Kier alpha value is -1.10. The fraction of sp³-hybridized carbons (Fsp3) is 0.556. The number of carbonyl (C=O) groups excluding carboxylic acids is 1. The zero-order valence-electron chi connectivity index (χ0n) is 14.1. The fourth-order valence-corrected chi connectivity index (χ4v) is 2.72. The van der Waals surface area contributed by atoms with Crippen LogP contribution in [0.5, 0.6) is 0 Å². The van der Waals surface area contributed by atoms with Crippen molar-refractivity contribution in [2.45, 2.75) is 64.4 Å². The van der Waals surface area contributed by atoms with Crippen LogP contribution in [0.15, 0.2) is 23.3 Å². The Balaban J connectivity index is 2.20. The second kappa shape index (κ2) is 12.3. The highest BCUT2D eigenvalue weighted by Crippen LogP contribution is 2.19. The van der Waals surface area contributed by atoms with Crippen LogP contribution in [0.4, 0.5) is 0 Å². The lowest BCUT2D eigenvalue weighted by molar-refractivity contribution is -0.121. The predicted molar refractivity (Wildman–Crippen MR) is 101 cm³/mol. The van der Waals surface area contributed by atoms with E-state index < -0.39 is 6.10 Å². The van der Waals surface area contributed by atoms with Gasteiger partial charge in [0.25, 0.3) is 0 Å². The molecule has 4 nitrogen and oxygen atoms in total. The van der Waals surface area contributed by atoms with E-state index in [4.69, 9.17) is 23.2 Å². The molecular formula is C18H26Cl2N2O2. The van der Waals surface area contributed by atoms with Crippen LogP contribution in [0.1, 0.15) is 63.9 Å². The first-order chi connectivity index (χ1) is 11.5. The number of nitrogens with zero attached hydrogens (tertiary/aromatic N) is 1. The van der Waals surface area contributed by atoms with E-state index in [9.17, 15) is 9.90 Å². The minimum absolute atomic E-state index is 0.221. The maximum absolute atomic E-state index is 11.7. The summed E-state index contributed by atoms with van der Waals surface area (Å²) in [6.45, 7) is 2.18. The molecule has 0 aliphatic rings. The molecule has 0 saturated carbocycles. The number of unbranched alkanes of at least 4 members (excludes halogenated alkanes) is 4. The maximum atomic E-state index is 11.7. The van der Waals surface area contributed by atoms with Crippen LogP contribution in [0, 0.1) is 0 Å². The van der Waals surface area contributed by atoms with Gasteiger partial charge in [-0.05, 0) is 25.0 Å². The summed E-state index contributed by atoms with van der Waals surface area (Å²) in [5, 5.41) is 14.8. The lowest BCUT2D eigenvalue weighted by Gasteiger charge is -2.09. The van der Waals surface area contributed by atoms with E-state index in [1.165, 1.54) is 25.5 Å². The van der Waals surface area contributed by atoms with E-state index in [0.717, 1.165) is 19.3 Å². The lowest BCUT2D eigenvalue weighted by Crippen LogP contribution is -2.19. The number of carbonyl (C=O) groups is 1. The molecule has 0 spiro atoms. The summed E-state index contributed by atoms with van der Waals surface area (Å²) >= 11 is 11.8. The van der Waals surface area contributed by atoms with E-state index in [2.05, 4.69) is 17.5 Å². The Morgan fingerprint density at radius 2 is 2.00 bits per heavy atom. The van der Waals surface area contributed by atoms with Gasteiger partial charge in [0, 0.05) is 17.0 Å². The van der Waals surface area contributed by atoms with Crippen molar-refractivity contribution in [1.29, 1.82) is 0 Å². The number of aliphatic hydroxyl groups is 1. The van der Waals surface area contributed by atoms with Gasteiger partial charge in [-0.3, -0.25) is 4.79 Å². The number of hydrazone groups is 1. The molecule has 2 N–H and O–H groups in total. The molecule has 0 unspecified atom stereocenters. The number of amides is 1. The molecule has 1 rings (SSSR count). The Morgan fingerprint density at radius 3 is 2.71 bits per heavy atom. The molecule has 1 atom stereocenters. The molecule has 1 aromatic rings. The largest absolute Gasteiger partial charge is 0.393 e. The minimum atomic E-state index is -0.424. The third kappa shape index (κ3) is 9.26. The SMILES string of the molecule is CCCCCCC[C@@H](O)CCC(=O)N/N=C\c1ccc(Cl)cc1Cl. The van der Waals surface area contributed by atoms with Gasteiger partial charge in [-0.15, -0.1) is 0 Å². The van der Waals surface area contributed by atoms with Crippen LogP contribution in [0.3, 0.4) is 0 Å². The Kier molecular flexibility index (Phi) is 10.7. The third-order valence-electron chi connectivity index (χ3n) is 3.70. The lowest BCUT2D eigenvalue weighted by atomic mass is 10.0. The molecule has 134 valence electrons. The number of hydrogen-bond acceptors (Lipinski definition) is 3. The molecule has 0 bridgehead atoms. The molecule has 0 aliphatic carbocycles. The summed E-state index contributed by atoms with van der Waals surface area (Å²) in [5.74, 6) is -0.221. The molecule has 0 heterocycles. The van der Waals surface area contributed by atoms with E-state index >= 15 is 0 Å². The monoisotopic (exact) mass is 372 g/mol. The Labute approximate surface area is 154 Å². The van der Waals surface area contributed by atoms with Gasteiger partial charge in [0.2, 0.25) is 5.91 Å². The molecule has 1 aromatic carbocycles. The van der Waals surface area contributed by atoms with Crippen molar-refractivity contribution in [2.75, 3.05) is 0 Å². The summed E-state index contributed by atoms with van der Waals surface area (Å²) in [6.07, 6.45) is 8.33. The van der Waals surface area contributed by atoms with Gasteiger partial charge in [-0.1, -0.05) is 68.3 Å². The van der Waals surface area contributed by atoms with Crippen molar-refractivity contribution in [3.8, 4) is 0 Å². The second-order valence-electron chi connectivity index (χ2n) is 5.85.